The van der Waals surface area contributed by atoms with E-state index in [1.165, 1.54) is 5.56 Å². The Morgan fingerprint density at radius 2 is 1.88 bits per heavy atom. The molecule has 1 aromatic rings. The quantitative estimate of drug-likeness (QED) is 0.867. The third-order valence-corrected chi connectivity index (χ3v) is 5.88. The number of amides is 2. The van der Waals surface area contributed by atoms with Crippen LogP contribution in [0.5, 0.6) is 0 Å². The van der Waals surface area contributed by atoms with E-state index >= 15 is 0 Å². The van der Waals surface area contributed by atoms with Crippen LogP contribution in [0.3, 0.4) is 0 Å². The second-order valence-electron chi connectivity index (χ2n) is 7.57. The third-order valence-electron chi connectivity index (χ3n) is 5.88. The van der Waals surface area contributed by atoms with Crippen LogP contribution in [0.1, 0.15) is 18.4 Å². The number of nitrogens with zero attached hydrogens (tertiary/aromatic N) is 3. The maximum absolute atomic E-state index is 12.7. The van der Waals surface area contributed by atoms with E-state index in [4.69, 9.17) is 0 Å². The van der Waals surface area contributed by atoms with Crippen molar-refractivity contribution in [2.24, 2.45) is 5.92 Å². The summed E-state index contributed by atoms with van der Waals surface area (Å²) >= 11 is 0. The average molecular weight is 356 g/mol. The predicted octanol–water partition coefficient (Wildman–Crippen LogP) is 0.720. The number of fused-ring (bicyclic) bond motifs is 1. The molecule has 6 nitrogen and oxygen atoms in total. The van der Waals surface area contributed by atoms with Crippen molar-refractivity contribution in [3.8, 4) is 0 Å². The van der Waals surface area contributed by atoms with E-state index in [0.717, 1.165) is 70.8 Å². The molecule has 2 amide bonds. The van der Waals surface area contributed by atoms with Crippen LogP contribution < -0.4 is 10.2 Å². The van der Waals surface area contributed by atoms with Gasteiger partial charge in [0.1, 0.15) is 0 Å². The summed E-state index contributed by atoms with van der Waals surface area (Å²) < 4.78 is 0. The van der Waals surface area contributed by atoms with Gasteiger partial charge in [0, 0.05) is 45.0 Å². The fraction of sp³-hybridized carbons (Fsp3) is 0.600. The molecule has 0 saturated carbocycles. The molecule has 3 heterocycles. The summed E-state index contributed by atoms with van der Waals surface area (Å²) in [6, 6.07) is 8.17. The zero-order chi connectivity index (χ0) is 17.9. The van der Waals surface area contributed by atoms with Gasteiger partial charge in [0.25, 0.3) is 0 Å². The summed E-state index contributed by atoms with van der Waals surface area (Å²) in [5, 5.41) is 3.32. The van der Waals surface area contributed by atoms with Crippen molar-refractivity contribution in [1.82, 2.24) is 15.1 Å². The van der Waals surface area contributed by atoms with Gasteiger partial charge >= 0.3 is 0 Å². The second kappa shape index (κ2) is 7.76. The first-order valence-electron chi connectivity index (χ1n) is 9.82. The van der Waals surface area contributed by atoms with Crippen LogP contribution in [0.25, 0.3) is 0 Å². The summed E-state index contributed by atoms with van der Waals surface area (Å²) in [7, 11) is 0. The molecule has 0 aliphatic carbocycles. The number of hydrogen-bond acceptors (Lipinski definition) is 4. The largest absolute Gasteiger partial charge is 0.340 e. The van der Waals surface area contributed by atoms with Gasteiger partial charge in [-0.3, -0.25) is 14.5 Å². The summed E-state index contributed by atoms with van der Waals surface area (Å²) in [5.74, 6) is 0.598. The van der Waals surface area contributed by atoms with Gasteiger partial charge in [-0.1, -0.05) is 18.2 Å². The molecule has 0 bridgehead atoms. The van der Waals surface area contributed by atoms with E-state index in [1.807, 2.05) is 28.0 Å². The lowest BCUT2D eigenvalue weighted by Gasteiger charge is -2.37. The summed E-state index contributed by atoms with van der Waals surface area (Å²) in [6.07, 6.45) is 3.03. The first-order chi connectivity index (χ1) is 12.7. The second-order valence-corrected chi connectivity index (χ2v) is 7.57. The normalized spacial score (nSPS) is 23.8. The Kier molecular flexibility index (Phi) is 5.22. The minimum absolute atomic E-state index is 0.137. The zero-order valence-electron chi connectivity index (χ0n) is 15.3. The standard InChI is InChI=1S/C20H28N4O2/c25-19(24-9-7-16-4-1-2-6-18(16)24)15-22-10-12-23(13-11-22)20(26)17-5-3-8-21-14-17/h1-2,4,6,17,21H,3,5,7-15H2. The number of nitrogens with one attached hydrogen (secondary N) is 1. The van der Waals surface area contributed by atoms with E-state index < -0.39 is 0 Å². The average Bonchev–Trinajstić information content (AvgIpc) is 3.13. The molecular weight excluding hydrogens is 328 g/mol. The number of piperidine rings is 1. The van der Waals surface area contributed by atoms with Gasteiger partial charge < -0.3 is 15.1 Å². The highest BCUT2D eigenvalue weighted by Gasteiger charge is 2.30. The molecule has 4 rings (SSSR count). The van der Waals surface area contributed by atoms with Crippen LogP contribution in [0.4, 0.5) is 5.69 Å². The molecule has 1 N–H and O–H groups in total. The Hall–Kier alpha value is -1.92. The van der Waals surface area contributed by atoms with E-state index in [1.54, 1.807) is 0 Å². The van der Waals surface area contributed by atoms with Crippen LogP contribution in [0.2, 0.25) is 0 Å². The van der Waals surface area contributed by atoms with Crippen molar-refractivity contribution in [2.45, 2.75) is 19.3 Å². The van der Waals surface area contributed by atoms with Crippen LogP contribution in [-0.4, -0.2) is 74.0 Å². The van der Waals surface area contributed by atoms with Crippen molar-refractivity contribution in [1.29, 1.82) is 0 Å². The molecule has 1 aromatic carbocycles. The lowest BCUT2D eigenvalue weighted by Crippen LogP contribution is -2.53. The van der Waals surface area contributed by atoms with Crippen molar-refractivity contribution in [3.05, 3.63) is 29.8 Å². The topological polar surface area (TPSA) is 55.9 Å². The first kappa shape index (κ1) is 17.5. The molecule has 0 radical (unpaired) electrons. The number of carbonyl (C=O) groups is 2. The molecule has 140 valence electrons. The Labute approximate surface area is 155 Å². The predicted molar refractivity (Wildman–Crippen MR) is 101 cm³/mol. The van der Waals surface area contributed by atoms with Gasteiger partial charge in [-0.15, -0.1) is 0 Å². The molecule has 3 aliphatic heterocycles. The van der Waals surface area contributed by atoms with E-state index in [9.17, 15) is 9.59 Å². The van der Waals surface area contributed by atoms with Crippen molar-refractivity contribution in [3.63, 3.8) is 0 Å². The fourth-order valence-electron chi connectivity index (χ4n) is 4.32. The third kappa shape index (κ3) is 3.62. The van der Waals surface area contributed by atoms with Gasteiger partial charge in [-0.25, -0.2) is 0 Å². The van der Waals surface area contributed by atoms with E-state index in [2.05, 4.69) is 16.3 Å². The molecule has 1 unspecified atom stereocenters. The monoisotopic (exact) mass is 356 g/mol. The van der Waals surface area contributed by atoms with Crippen molar-refractivity contribution < 1.29 is 9.59 Å². The fourth-order valence-corrected chi connectivity index (χ4v) is 4.32. The Morgan fingerprint density at radius 3 is 2.65 bits per heavy atom. The molecular formula is C20H28N4O2. The Bertz CT molecular complexity index is 664. The summed E-state index contributed by atoms with van der Waals surface area (Å²) in [5.41, 5.74) is 2.33. The maximum Gasteiger partial charge on any atom is 0.241 e. The number of piperazine rings is 1. The van der Waals surface area contributed by atoms with E-state index in [-0.39, 0.29) is 17.7 Å². The van der Waals surface area contributed by atoms with Crippen LogP contribution in [-0.2, 0) is 16.0 Å². The van der Waals surface area contributed by atoms with Crippen LogP contribution in [0.15, 0.2) is 24.3 Å². The van der Waals surface area contributed by atoms with Crippen LogP contribution >= 0.6 is 0 Å². The smallest absolute Gasteiger partial charge is 0.241 e. The zero-order valence-corrected chi connectivity index (χ0v) is 15.3. The van der Waals surface area contributed by atoms with Crippen molar-refractivity contribution >= 4 is 17.5 Å². The van der Waals surface area contributed by atoms with Gasteiger partial charge in [-0.2, -0.15) is 0 Å². The highest BCUT2D eigenvalue weighted by molar-refractivity contribution is 5.96. The number of para-hydroxylation sites is 1. The highest BCUT2D eigenvalue weighted by atomic mass is 16.2. The number of hydrogen-bond donors (Lipinski definition) is 1. The molecule has 0 spiro atoms. The maximum atomic E-state index is 12.7. The molecule has 6 heteroatoms. The lowest BCUT2D eigenvalue weighted by molar-refractivity contribution is -0.138. The van der Waals surface area contributed by atoms with Gasteiger partial charge in [0.05, 0.1) is 12.5 Å². The number of rotatable bonds is 3. The molecule has 2 fully saturated rings. The molecule has 2 saturated heterocycles. The first-order valence-corrected chi connectivity index (χ1v) is 9.82. The number of anilines is 1. The summed E-state index contributed by atoms with van der Waals surface area (Å²) in [4.78, 5) is 31.4. The number of benzene rings is 1. The molecule has 26 heavy (non-hydrogen) atoms. The SMILES string of the molecule is O=C(C1CCCNC1)N1CCN(CC(=O)N2CCc3ccccc32)CC1. The lowest BCUT2D eigenvalue weighted by atomic mass is 9.98. The molecule has 3 aliphatic rings. The number of carbonyl (C=O) groups excluding carboxylic acids is 2. The van der Waals surface area contributed by atoms with E-state index in [0.29, 0.717) is 6.54 Å². The molecule has 1 atom stereocenters. The van der Waals surface area contributed by atoms with Gasteiger partial charge in [0.2, 0.25) is 11.8 Å². The van der Waals surface area contributed by atoms with Crippen molar-refractivity contribution in [2.75, 3.05) is 57.3 Å². The Morgan fingerprint density at radius 1 is 1.08 bits per heavy atom. The minimum Gasteiger partial charge on any atom is -0.340 e. The molecule has 0 aromatic heterocycles. The van der Waals surface area contributed by atoms with Gasteiger partial charge in [-0.05, 0) is 37.4 Å². The minimum atomic E-state index is 0.137. The summed E-state index contributed by atoms with van der Waals surface area (Å²) in [6.45, 7) is 6.11. The van der Waals surface area contributed by atoms with Crippen LogP contribution in [0, 0.1) is 5.92 Å². The van der Waals surface area contributed by atoms with Gasteiger partial charge in [0.15, 0.2) is 0 Å². The highest BCUT2D eigenvalue weighted by Crippen LogP contribution is 2.27. The Balaban J connectivity index is 1.27.